The Morgan fingerprint density at radius 2 is 1.92 bits per heavy atom. The first kappa shape index (κ1) is 17.1. The summed E-state index contributed by atoms with van der Waals surface area (Å²) in [5.74, 6) is -0.151. The second kappa shape index (κ2) is 7.36. The molecule has 2 aromatic heterocycles. The zero-order valence-corrected chi connectivity index (χ0v) is 13.5. The lowest BCUT2D eigenvalue weighted by molar-refractivity contribution is 0.102. The zero-order valence-electron chi connectivity index (χ0n) is 13.5. The van der Waals surface area contributed by atoms with Crippen LogP contribution in [0, 0.1) is 13.8 Å². The fourth-order valence-corrected chi connectivity index (χ4v) is 2.13. The number of carbonyl (C=O) groups excluding carboxylic acids is 1. The van der Waals surface area contributed by atoms with Crippen LogP contribution in [0.25, 0.3) is 0 Å². The molecule has 2 rings (SSSR count). The van der Waals surface area contributed by atoms with Gasteiger partial charge < -0.3 is 10.4 Å². The molecule has 0 bridgehead atoms. The first-order valence-electron chi connectivity index (χ1n) is 7.26. The molecule has 0 unspecified atom stereocenters. The molecular formula is C17H18N4O3. The number of rotatable bonds is 5. The first-order valence-corrected chi connectivity index (χ1v) is 7.26. The van der Waals surface area contributed by atoms with Gasteiger partial charge in [0.25, 0.3) is 5.91 Å². The van der Waals surface area contributed by atoms with Crippen LogP contribution in [0.5, 0.6) is 0 Å². The summed E-state index contributed by atoms with van der Waals surface area (Å²) >= 11 is 0. The van der Waals surface area contributed by atoms with Crippen LogP contribution in [0.3, 0.4) is 0 Å². The van der Waals surface area contributed by atoms with Gasteiger partial charge in [0.15, 0.2) is 5.69 Å². The monoisotopic (exact) mass is 326 g/mol. The number of carbonyl (C=O) groups is 2. The van der Waals surface area contributed by atoms with Gasteiger partial charge in [-0.2, -0.15) is 0 Å². The van der Waals surface area contributed by atoms with Crippen LogP contribution in [0.15, 0.2) is 43.0 Å². The Bertz CT molecular complexity index is 789. The lowest BCUT2D eigenvalue weighted by atomic mass is 10.2. The molecule has 0 aliphatic heterocycles. The number of nitrogens with one attached hydrogen (secondary N) is 1. The summed E-state index contributed by atoms with van der Waals surface area (Å²) in [4.78, 5) is 33.4. The van der Waals surface area contributed by atoms with Crippen LogP contribution in [0.4, 0.5) is 16.3 Å². The highest BCUT2D eigenvalue weighted by molar-refractivity contribution is 6.08. The maximum absolute atomic E-state index is 12.6. The van der Waals surface area contributed by atoms with Gasteiger partial charge in [-0.05, 0) is 38.1 Å². The average molecular weight is 326 g/mol. The topological polar surface area (TPSA) is 95.4 Å². The maximum atomic E-state index is 12.6. The van der Waals surface area contributed by atoms with E-state index < -0.39 is 12.0 Å². The summed E-state index contributed by atoms with van der Waals surface area (Å²) in [6, 6.07) is 8.43. The SMILES string of the molecule is C=CCN(C(=O)O)c1ccc(C)nc1C(=O)Nc1cccc(C)n1. The minimum atomic E-state index is -1.19. The van der Waals surface area contributed by atoms with E-state index in [0.717, 1.165) is 10.6 Å². The summed E-state index contributed by atoms with van der Waals surface area (Å²) in [6.07, 6.45) is 0.251. The summed E-state index contributed by atoms with van der Waals surface area (Å²) in [6.45, 7) is 7.12. The normalized spacial score (nSPS) is 10.1. The molecule has 0 fully saturated rings. The third-order valence-electron chi connectivity index (χ3n) is 3.19. The summed E-state index contributed by atoms with van der Waals surface area (Å²) in [7, 11) is 0. The van der Waals surface area contributed by atoms with E-state index in [1.165, 1.54) is 6.08 Å². The molecule has 2 aromatic rings. The molecule has 124 valence electrons. The molecule has 2 N–H and O–H groups in total. The molecule has 0 aliphatic rings. The van der Waals surface area contributed by atoms with Crippen molar-refractivity contribution in [3.8, 4) is 0 Å². The number of amides is 2. The first-order chi connectivity index (χ1) is 11.4. The number of pyridine rings is 2. The smallest absolute Gasteiger partial charge is 0.412 e. The van der Waals surface area contributed by atoms with E-state index in [1.807, 2.05) is 13.0 Å². The molecule has 2 amide bonds. The number of anilines is 2. The van der Waals surface area contributed by atoms with Crippen molar-refractivity contribution in [1.29, 1.82) is 0 Å². The van der Waals surface area contributed by atoms with Gasteiger partial charge >= 0.3 is 6.09 Å². The quantitative estimate of drug-likeness (QED) is 0.823. The van der Waals surface area contributed by atoms with Crippen molar-refractivity contribution in [2.45, 2.75) is 13.8 Å². The molecular weight excluding hydrogens is 308 g/mol. The number of hydrogen-bond donors (Lipinski definition) is 2. The van der Waals surface area contributed by atoms with Gasteiger partial charge in [0, 0.05) is 17.9 Å². The van der Waals surface area contributed by atoms with Gasteiger partial charge in [-0.3, -0.25) is 9.69 Å². The van der Waals surface area contributed by atoms with Crippen molar-refractivity contribution >= 4 is 23.5 Å². The van der Waals surface area contributed by atoms with Crippen LogP contribution >= 0.6 is 0 Å². The third-order valence-corrected chi connectivity index (χ3v) is 3.19. The Morgan fingerprint density at radius 1 is 1.21 bits per heavy atom. The largest absolute Gasteiger partial charge is 0.465 e. The minimum Gasteiger partial charge on any atom is -0.465 e. The summed E-state index contributed by atoms with van der Waals surface area (Å²) in [5, 5.41) is 12.0. The van der Waals surface area contributed by atoms with Crippen LogP contribution in [0.2, 0.25) is 0 Å². The van der Waals surface area contributed by atoms with Crippen LogP contribution in [-0.2, 0) is 0 Å². The van der Waals surface area contributed by atoms with E-state index in [1.54, 1.807) is 31.2 Å². The van der Waals surface area contributed by atoms with E-state index in [-0.39, 0.29) is 17.9 Å². The standard InChI is InChI=1S/C17H18N4O3/c1-4-10-21(17(23)24)13-9-8-12(3)19-15(13)16(22)20-14-7-5-6-11(2)18-14/h4-9H,1,10H2,2-3H3,(H,23,24)(H,18,20,22). The maximum Gasteiger partial charge on any atom is 0.412 e. The second-order valence-electron chi connectivity index (χ2n) is 5.12. The van der Waals surface area contributed by atoms with Crippen LogP contribution < -0.4 is 10.2 Å². The molecule has 0 spiro atoms. The second-order valence-corrected chi connectivity index (χ2v) is 5.12. The minimum absolute atomic E-state index is 0.0163. The van der Waals surface area contributed by atoms with Gasteiger partial charge in [-0.25, -0.2) is 14.8 Å². The Morgan fingerprint density at radius 3 is 2.54 bits per heavy atom. The van der Waals surface area contributed by atoms with E-state index in [4.69, 9.17) is 0 Å². The number of nitrogens with zero attached hydrogens (tertiary/aromatic N) is 3. The van der Waals surface area contributed by atoms with E-state index in [0.29, 0.717) is 11.5 Å². The van der Waals surface area contributed by atoms with Gasteiger partial charge in [0.2, 0.25) is 0 Å². The van der Waals surface area contributed by atoms with Gasteiger partial charge in [0.05, 0.1) is 5.69 Å². The molecule has 0 saturated carbocycles. The molecule has 0 atom stereocenters. The molecule has 0 aliphatic carbocycles. The molecule has 0 radical (unpaired) electrons. The van der Waals surface area contributed by atoms with Crippen molar-refractivity contribution < 1.29 is 14.7 Å². The van der Waals surface area contributed by atoms with E-state index >= 15 is 0 Å². The zero-order chi connectivity index (χ0) is 17.7. The van der Waals surface area contributed by atoms with Crippen molar-refractivity contribution in [2.75, 3.05) is 16.8 Å². The lowest BCUT2D eigenvalue weighted by Crippen LogP contribution is -2.32. The van der Waals surface area contributed by atoms with Crippen molar-refractivity contribution in [3.05, 3.63) is 60.1 Å². The molecule has 0 aromatic carbocycles. The predicted molar refractivity (Wildman–Crippen MR) is 91.5 cm³/mol. The molecule has 0 saturated heterocycles. The van der Waals surface area contributed by atoms with Crippen molar-refractivity contribution in [3.63, 3.8) is 0 Å². The van der Waals surface area contributed by atoms with E-state index in [2.05, 4.69) is 21.9 Å². The number of aromatic nitrogens is 2. The fraction of sp³-hybridized carbons (Fsp3) is 0.176. The number of aryl methyl sites for hydroxylation is 2. The Labute approximate surface area is 139 Å². The molecule has 7 nitrogen and oxygen atoms in total. The average Bonchev–Trinajstić information content (AvgIpc) is 2.52. The van der Waals surface area contributed by atoms with Crippen LogP contribution in [0.1, 0.15) is 21.9 Å². The van der Waals surface area contributed by atoms with Crippen molar-refractivity contribution in [1.82, 2.24) is 9.97 Å². The van der Waals surface area contributed by atoms with Crippen molar-refractivity contribution in [2.24, 2.45) is 0 Å². The number of hydrogen-bond acceptors (Lipinski definition) is 4. The molecule has 24 heavy (non-hydrogen) atoms. The predicted octanol–water partition coefficient (Wildman–Crippen LogP) is 3.02. The van der Waals surface area contributed by atoms with Crippen LogP contribution in [-0.4, -0.2) is 33.6 Å². The molecule has 7 heteroatoms. The highest BCUT2D eigenvalue weighted by atomic mass is 16.4. The number of carboxylic acid groups (broad SMARTS) is 1. The highest BCUT2D eigenvalue weighted by Crippen LogP contribution is 2.21. The Hall–Kier alpha value is -3.22. The summed E-state index contributed by atoms with van der Waals surface area (Å²) in [5.41, 5.74) is 1.56. The molecule has 2 heterocycles. The van der Waals surface area contributed by atoms with E-state index in [9.17, 15) is 14.7 Å². The summed E-state index contributed by atoms with van der Waals surface area (Å²) < 4.78 is 0. The van der Waals surface area contributed by atoms with Gasteiger partial charge in [-0.1, -0.05) is 12.1 Å². The van der Waals surface area contributed by atoms with Gasteiger partial charge in [0.1, 0.15) is 5.82 Å². The third kappa shape index (κ3) is 3.95. The Kier molecular flexibility index (Phi) is 5.26. The highest BCUT2D eigenvalue weighted by Gasteiger charge is 2.22. The fourth-order valence-electron chi connectivity index (χ4n) is 2.13. The lowest BCUT2D eigenvalue weighted by Gasteiger charge is -2.20. The Balaban J connectivity index is 2.40. The van der Waals surface area contributed by atoms with Gasteiger partial charge in [-0.15, -0.1) is 6.58 Å².